The Labute approximate surface area is 98.7 Å². The second-order valence-corrected chi connectivity index (χ2v) is 4.01. The Morgan fingerprint density at radius 1 is 1.27 bits per heavy atom. The van der Waals surface area contributed by atoms with Crippen LogP contribution in [0.5, 0.6) is 5.75 Å². The molecule has 3 nitrogen and oxygen atoms in total. The van der Waals surface area contributed by atoms with Crippen molar-refractivity contribution in [2.45, 2.75) is 13.3 Å². The zero-order valence-corrected chi connectivity index (χ0v) is 10.4. The molecule has 0 heterocycles. The molecule has 0 radical (unpaired) electrons. The van der Waals surface area contributed by atoms with E-state index in [-0.39, 0.29) is 0 Å². The summed E-state index contributed by atoms with van der Waals surface area (Å²) in [5.41, 5.74) is 6.34. The lowest BCUT2D eigenvalue weighted by Gasteiger charge is -2.08. The van der Waals surface area contributed by atoms with Gasteiger partial charge >= 0.3 is 0 Å². The summed E-state index contributed by atoms with van der Waals surface area (Å²) >= 11 is 3.39. The van der Waals surface area contributed by atoms with E-state index in [0.717, 1.165) is 23.2 Å². The lowest BCUT2D eigenvalue weighted by Crippen LogP contribution is -2.07. The number of anilines is 1. The van der Waals surface area contributed by atoms with E-state index < -0.39 is 0 Å². The van der Waals surface area contributed by atoms with Crippen molar-refractivity contribution < 1.29 is 9.47 Å². The molecule has 0 aromatic heterocycles. The van der Waals surface area contributed by atoms with E-state index in [4.69, 9.17) is 15.2 Å². The minimum absolute atomic E-state index is 0.544. The number of nitrogens with two attached hydrogens (primary N) is 1. The van der Waals surface area contributed by atoms with E-state index in [1.54, 1.807) is 6.07 Å². The van der Waals surface area contributed by atoms with E-state index in [2.05, 4.69) is 22.9 Å². The van der Waals surface area contributed by atoms with Gasteiger partial charge in [0.05, 0.1) is 11.1 Å². The lowest BCUT2D eigenvalue weighted by molar-refractivity contribution is 0.100. The highest BCUT2D eigenvalue weighted by Gasteiger charge is 2.00. The third-order valence-corrected chi connectivity index (χ3v) is 2.44. The Morgan fingerprint density at radius 2 is 2.07 bits per heavy atom. The van der Waals surface area contributed by atoms with Crippen molar-refractivity contribution in [3.63, 3.8) is 0 Å². The number of benzene rings is 1. The molecule has 0 amide bonds. The second-order valence-electron chi connectivity index (χ2n) is 3.15. The van der Waals surface area contributed by atoms with Crippen LogP contribution >= 0.6 is 15.9 Å². The molecule has 0 bridgehead atoms. The van der Waals surface area contributed by atoms with Gasteiger partial charge < -0.3 is 15.2 Å². The molecular weight excluding hydrogens is 258 g/mol. The van der Waals surface area contributed by atoms with Gasteiger partial charge in [-0.15, -0.1) is 0 Å². The first-order valence-electron chi connectivity index (χ1n) is 4.99. The van der Waals surface area contributed by atoms with E-state index in [1.165, 1.54) is 0 Å². The maximum Gasteiger partial charge on any atom is 0.135 e. The molecule has 0 aliphatic carbocycles. The predicted octanol–water partition coefficient (Wildman–Crippen LogP) is 2.84. The fourth-order valence-electron chi connectivity index (χ4n) is 1.09. The molecule has 1 aromatic rings. The van der Waals surface area contributed by atoms with Crippen molar-refractivity contribution in [3.8, 4) is 5.75 Å². The highest BCUT2D eigenvalue weighted by molar-refractivity contribution is 9.10. The van der Waals surface area contributed by atoms with Gasteiger partial charge in [0.15, 0.2) is 0 Å². The summed E-state index contributed by atoms with van der Waals surface area (Å²) in [5, 5.41) is 0. The molecular formula is C11H16BrNO2. The van der Waals surface area contributed by atoms with Crippen molar-refractivity contribution >= 4 is 21.6 Å². The van der Waals surface area contributed by atoms with Gasteiger partial charge in [-0.1, -0.05) is 6.92 Å². The minimum atomic E-state index is 0.544. The Bertz CT molecular complexity index is 305. The lowest BCUT2D eigenvalue weighted by atomic mass is 10.3. The first kappa shape index (κ1) is 12.3. The molecule has 2 N–H and O–H groups in total. The van der Waals surface area contributed by atoms with Crippen LogP contribution in [0.1, 0.15) is 13.3 Å². The van der Waals surface area contributed by atoms with Crippen LogP contribution in [-0.2, 0) is 4.74 Å². The van der Waals surface area contributed by atoms with Crippen LogP contribution in [0.4, 0.5) is 5.69 Å². The maximum absolute atomic E-state index is 5.65. The Morgan fingerprint density at radius 3 is 2.80 bits per heavy atom. The molecule has 4 heteroatoms. The van der Waals surface area contributed by atoms with Crippen LogP contribution in [0.15, 0.2) is 22.7 Å². The summed E-state index contributed by atoms with van der Waals surface area (Å²) in [7, 11) is 0. The normalized spacial score (nSPS) is 10.3. The van der Waals surface area contributed by atoms with Crippen LogP contribution < -0.4 is 10.5 Å². The summed E-state index contributed by atoms with van der Waals surface area (Å²) in [4.78, 5) is 0. The third kappa shape index (κ3) is 4.53. The molecule has 0 fully saturated rings. The van der Waals surface area contributed by atoms with Crippen molar-refractivity contribution in [3.05, 3.63) is 22.7 Å². The van der Waals surface area contributed by atoms with E-state index >= 15 is 0 Å². The molecule has 15 heavy (non-hydrogen) atoms. The Balaban J connectivity index is 2.33. The molecule has 0 saturated heterocycles. The molecule has 0 aliphatic rings. The van der Waals surface area contributed by atoms with E-state index in [0.29, 0.717) is 18.9 Å². The summed E-state index contributed by atoms with van der Waals surface area (Å²) in [6.07, 6.45) is 1.03. The van der Waals surface area contributed by atoms with E-state index in [9.17, 15) is 0 Å². The predicted molar refractivity (Wildman–Crippen MR) is 65.2 cm³/mol. The molecule has 0 atom stereocenters. The average Bonchev–Trinajstić information content (AvgIpc) is 2.23. The van der Waals surface area contributed by atoms with E-state index in [1.807, 2.05) is 12.1 Å². The number of hydrogen-bond donors (Lipinski definition) is 1. The topological polar surface area (TPSA) is 44.5 Å². The SMILES string of the molecule is CCCOCCOc1cc(N)ccc1Br. The van der Waals surface area contributed by atoms with Crippen molar-refractivity contribution in [2.75, 3.05) is 25.6 Å². The number of ether oxygens (including phenoxy) is 2. The van der Waals surface area contributed by atoms with Crippen molar-refractivity contribution in [1.29, 1.82) is 0 Å². The number of halogens is 1. The number of hydrogen-bond acceptors (Lipinski definition) is 3. The summed E-state index contributed by atoms with van der Waals surface area (Å²) in [6.45, 7) is 4.01. The molecule has 1 rings (SSSR count). The standard InChI is InChI=1S/C11H16BrNO2/c1-2-5-14-6-7-15-11-8-9(13)3-4-10(11)12/h3-4,8H,2,5-7,13H2,1H3. The maximum atomic E-state index is 5.65. The van der Waals surface area contributed by atoms with Crippen molar-refractivity contribution in [2.24, 2.45) is 0 Å². The average molecular weight is 274 g/mol. The molecule has 0 saturated carbocycles. The van der Waals surface area contributed by atoms with Crippen LogP contribution in [-0.4, -0.2) is 19.8 Å². The van der Waals surface area contributed by atoms with Crippen LogP contribution in [0, 0.1) is 0 Å². The summed E-state index contributed by atoms with van der Waals surface area (Å²) in [6, 6.07) is 5.49. The summed E-state index contributed by atoms with van der Waals surface area (Å²) in [5.74, 6) is 0.759. The quantitative estimate of drug-likeness (QED) is 0.640. The van der Waals surface area contributed by atoms with Gasteiger partial charge in [-0.05, 0) is 34.5 Å². The third-order valence-electron chi connectivity index (χ3n) is 1.79. The fourth-order valence-corrected chi connectivity index (χ4v) is 1.45. The fraction of sp³-hybridized carbons (Fsp3) is 0.455. The minimum Gasteiger partial charge on any atom is -0.490 e. The molecule has 1 aromatic carbocycles. The smallest absolute Gasteiger partial charge is 0.135 e. The molecule has 0 unspecified atom stereocenters. The van der Waals surface area contributed by atoms with Crippen LogP contribution in [0.2, 0.25) is 0 Å². The van der Waals surface area contributed by atoms with Gasteiger partial charge in [0, 0.05) is 18.4 Å². The zero-order chi connectivity index (χ0) is 11.1. The van der Waals surface area contributed by atoms with Gasteiger partial charge in [-0.3, -0.25) is 0 Å². The Kier molecular flexibility index (Phi) is 5.50. The number of rotatable bonds is 6. The van der Waals surface area contributed by atoms with Gasteiger partial charge in [0.25, 0.3) is 0 Å². The first-order chi connectivity index (χ1) is 7.24. The summed E-state index contributed by atoms with van der Waals surface area (Å²) < 4.78 is 11.7. The second kappa shape index (κ2) is 6.69. The van der Waals surface area contributed by atoms with Crippen LogP contribution in [0.3, 0.4) is 0 Å². The molecule has 84 valence electrons. The van der Waals surface area contributed by atoms with Crippen LogP contribution in [0.25, 0.3) is 0 Å². The largest absolute Gasteiger partial charge is 0.490 e. The van der Waals surface area contributed by atoms with Crippen molar-refractivity contribution in [1.82, 2.24) is 0 Å². The first-order valence-corrected chi connectivity index (χ1v) is 5.79. The van der Waals surface area contributed by atoms with Gasteiger partial charge in [0.1, 0.15) is 12.4 Å². The number of nitrogen functional groups attached to an aromatic ring is 1. The Hall–Kier alpha value is -0.740. The molecule has 0 spiro atoms. The van der Waals surface area contributed by atoms with Gasteiger partial charge in [0.2, 0.25) is 0 Å². The van der Waals surface area contributed by atoms with Gasteiger partial charge in [-0.2, -0.15) is 0 Å². The molecule has 0 aliphatic heterocycles. The monoisotopic (exact) mass is 273 g/mol. The highest BCUT2D eigenvalue weighted by atomic mass is 79.9. The zero-order valence-electron chi connectivity index (χ0n) is 8.83. The highest BCUT2D eigenvalue weighted by Crippen LogP contribution is 2.26. The van der Waals surface area contributed by atoms with Gasteiger partial charge in [-0.25, -0.2) is 0 Å².